The van der Waals surface area contributed by atoms with Crippen molar-refractivity contribution in [1.82, 2.24) is 14.9 Å². The summed E-state index contributed by atoms with van der Waals surface area (Å²) >= 11 is 0. The van der Waals surface area contributed by atoms with E-state index in [0.29, 0.717) is 23.4 Å². The number of amides is 1. The zero-order chi connectivity index (χ0) is 18.1. The van der Waals surface area contributed by atoms with Crippen molar-refractivity contribution in [3.8, 4) is 0 Å². The minimum absolute atomic E-state index is 0.0430. The van der Waals surface area contributed by atoms with Crippen molar-refractivity contribution in [3.05, 3.63) is 76.3 Å². The molecule has 0 unspecified atom stereocenters. The van der Waals surface area contributed by atoms with E-state index in [2.05, 4.69) is 29.4 Å². The lowest BCUT2D eigenvalue weighted by molar-refractivity contribution is -0.122. The molecule has 2 atom stereocenters. The molecule has 0 saturated carbocycles. The molecule has 0 fully saturated rings. The van der Waals surface area contributed by atoms with Crippen molar-refractivity contribution < 1.29 is 4.79 Å². The predicted molar refractivity (Wildman–Crippen MR) is 101 cm³/mol. The van der Waals surface area contributed by atoms with Crippen LogP contribution in [0.5, 0.6) is 0 Å². The Morgan fingerprint density at radius 1 is 1.19 bits per heavy atom. The lowest BCUT2D eigenvalue weighted by atomic mass is 10.0. The zero-order valence-corrected chi connectivity index (χ0v) is 14.7. The summed E-state index contributed by atoms with van der Waals surface area (Å²) in [6.45, 7) is 2.48. The highest BCUT2D eigenvalue weighted by molar-refractivity contribution is 5.78. The van der Waals surface area contributed by atoms with E-state index >= 15 is 0 Å². The Hall–Kier alpha value is -2.95. The van der Waals surface area contributed by atoms with E-state index in [1.165, 1.54) is 22.0 Å². The van der Waals surface area contributed by atoms with Gasteiger partial charge in [0.15, 0.2) is 0 Å². The molecule has 5 heteroatoms. The highest BCUT2D eigenvalue weighted by atomic mass is 16.2. The molecule has 1 aliphatic rings. The Kier molecular flexibility index (Phi) is 4.29. The van der Waals surface area contributed by atoms with Gasteiger partial charge in [-0.3, -0.25) is 14.2 Å². The predicted octanol–water partition coefficient (Wildman–Crippen LogP) is 2.84. The van der Waals surface area contributed by atoms with Crippen LogP contribution >= 0.6 is 0 Å². The molecule has 0 radical (unpaired) electrons. The first-order valence-corrected chi connectivity index (χ1v) is 8.95. The number of para-hydroxylation sites is 1. The van der Waals surface area contributed by atoms with Crippen LogP contribution in [0.2, 0.25) is 0 Å². The van der Waals surface area contributed by atoms with Gasteiger partial charge in [0.05, 0.1) is 23.3 Å². The van der Waals surface area contributed by atoms with E-state index in [1.54, 1.807) is 6.07 Å². The fourth-order valence-corrected chi connectivity index (χ4v) is 3.75. The monoisotopic (exact) mass is 347 g/mol. The molecule has 1 aromatic heterocycles. The molecule has 1 aliphatic carbocycles. The molecule has 0 spiro atoms. The first-order valence-electron chi connectivity index (χ1n) is 8.95. The summed E-state index contributed by atoms with van der Waals surface area (Å²) in [5, 5.41) is 3.71. The van der Waals surface area contributed by atoms with Crippen LogP contribution in [0, 0.1) is 5.92 Å². The van der Waals surface area contributed by atoms with E-state index in [1.807, 2.05) is 30.3 Å². The van der Waals surface area contributed by atoms with Crippen LogP contribution < -0.4 is 10.9 Å². The summed E-state index contributed by atoms with van der Waals surface area (Å²) in [6.07, 6.45) is 2.76. The normalized spacial score (nSPS) is 18.7. The number of benzene rings is 2. The van der Waals surface area contributed by atoms with Crippen molar-refractivity contribution in [2.24, 2.45) is 5.92 Å². The molecule has 0 bridgehead atoms. The second-order valence-corrected chi connectivity index (χ2v) is 6.94. The van der Waals surface area contributed by atoms with Gasteiger partial charge in [-0.25, -0.2) is 4.98 Å². The fraction of sp³-hybridized carbons (Fsp3) is 0.286. The molecular formula is C21H21N3O2. The van der Waals surface area contributed by atoms with Gasteiger partial charge in [-0.2, -0.15) is 0 Å². The number of aromatic nitrogens is 2. The maximum Gasteiger partial charge on any atom is 0.261 e. The SMILES string of the molecule is C[C@H]1Cc2ccccc2[C@@H]1NC(=O)CCn1cnc2ccccc2c1=O. The molecule has 3 aromatic rings. The molecule has 26 heavy (non-hydrogen) atoms. The van der Waals surface area contributed by atoms with Crippen LogP contribution in [0.3, 0.4) is 0 Å². The molecule has 1 amide bonds. The highest BCUT2D eigenvalue weighted by Gasteiger charge is 2.29. The van der Waals surface area contributed by atoms with Gasteiger partial charge in [-0.05, 0) is 35.6 Å². The van der Waals surface area contributed by atoms with Crippen molar-refractivity contribution in [2.75, 3.05) is 0 Å². The van der Waals surface area contributed by atoms with Crippen molar-refractivity contribution in [3.63, 3.8) is 0 Å². The van der Waals surface area contributed by atoms with Gasteiger partial charge in [0.1, 0.15) is 0 Å². The van der Waals surface area contributed by atoms with Crippen molar-refractivity contribution in [2.45, 2.75) is 32.4 Å². The molecule has 0 aliphatic heterocycles. The van der Waals surface area contributed by atoms with Crippen molar-refractivity contribution >= 4 is 16.8 Å². The maximum absolute atomic E-state index is 12.5. The van der Waals surface area contributed by atoms with Gasteiger partial charge >= 0.3 is 0 Å². The molecule has 132 valence electrons. The first-order chi connectivity index (χ1) is 12.6. The molecular weight excluding hydrogens is 326 g/mol. The number of aryl methyl sites for hydroxylation is 1. The third kappa shape index (κ3) is 3.01. The highest BCUT2D eigenvalue weighted by Crippen LogP contribution is 2.35. The number of nitrogens with one attached hydrogen (secondary N) is 1. The number of hydrogen-bond acceptors (Lipinski definition) is 3. The van der Waals surface area contributed by atoms with Gasteiger partial charge < -0.3 is 5.32 Å². The topological polar surface area (TPSA) is 64.0 Å². The van der Waals surface area contributed by atoms with Crippen molar-refractivity contribution in [1.29, 1.82) is 0 Å². The minimum Gasteiger partial charge on any atom is -0.349 e. The van der Waals surface area contributed by atoms with E-state index in [9.17, 15) is 9.59 Å². The standard InChI is InChI=1S/C21H21N3O2/c1-14-12-15-6-2-3-7-16(15)20(14)23-19(25)10-11-24-13-22-18-9-5-4-8-17(18)21(24)26/h2-9,13-14,20H,10-12H2,1H3,(H,23,25)/t14-,20+/m0/s1. The zero-order valence-electron chi connectivity index (χ0n) is 14.7. The Morgan fingerprint density at radius 3 is 2.85 bits per heavy atom. The van der Waals surface area contributed by atoms with Crippen LogP contribution in [-0.2, 0) is 17.8 Å². The van der Waals surface area contributed by atoms with Gasteiger partial charge in [-0.1, -0.05) is 43.3 Å². The van der Waals surface area contributed by atoms with Crippen LogP contribution in [-0.4, -0.2) is 15.5 Å². The Labute approximate surface area is 151 Å². The summed E-state index contributed by atoms with van der Waals surface area (Å²) in [7, 11) is 0. The number of carbonyl (C=O) groups excluding carboxylic acids is 1. The van der Waals surface area contributed by atoms with Crippen LogP contribution in [0.4, 0.5) is 0 Å². The molecule has 5 nitrogen and oxygen atoms in total. The summed E-state index contributed by atoms with van der Waals surface area (Å²) in [6, 6.07) is 15.6. The average Bonchev–Trinajstić information content (AvgIpc) is 2.97. The summed E-state index contributed by atoms with van der Waals surface area (Å²) < 4.78 is 1.51. The molecule has 1 N–H and O–H groups in total. The Bertz CT molecular complexity index is 1020. The van der Waals surface area contributed by atoms with E-state index < -0.39 is 0 Å². The largest absolute Gasteiger partial charge is 0.349 e. The third-order valence-electron chi connectivity index (χ3n) is 5.13. The second-order valence-electron chi connectivity index (χ2n) is 6.94. The van der Waals surface area contributed by atoms with Crippen LogP contribution in [0.25, 0.3) is 10.9 Å². The average molecular weight is 347 g/mol. The first kappa shape index (κ1) is 16.5. The van der Waals surface area contributed by atoms with Gasteiger partial charge in [0, 0.05) is 13.0 Å². The lowest BCUT2D eigenvalue weighted by Gasteiger charge is -2.19. The lowest BCUT2D eigenvalue weighted by Crippen LogP contribution is -2.32. The number of rotatable bonds is 4. The summed E-state index contributed by atoms with van der Waals surface area (Å²) in [5.41, 5.74) is 3.08. The molecule has 0 saturated heterocycles. The Morgan fingerprint density at radius 2 is 1.96 bits per heavy atom. The van der Waals surface area contributed by atoms with Gasteiger partial charge in [0.25, 0.3) is 5.56 Å². The van der Waals surface area contributed by atoms with E-state index in [-0.39, 0.29) is 23.9 Å². The van der Waals surface area contributed by atoms with E-state index in [4.69, 9.17) is 0 Å². The quantitative estimate of drug-likeness (QED) is 0.789. The van der Waals surface area contributed by atoms with Crippen LogP contribution in [0.1, 0.15) is 30.5 Å². The molecule has 1 heterocycles. The Balaban J connectivity index is 1.45. The van der Waals surface area contributed by atoms with Gasteiger partial charge in [0.2, 0.25) is 5.91 Å². The fourth-order valence-electron chi connectivity index (χ4n) is 3.75. The third-order valence-corrected chi connectivity index (χ3v) is 5.13. The minimum atomic E-state index is -0.108. The van der Waals surface area contributed by atoms with Crippen LogP contribution in [0.15, 0.2) is 59.7 Å². The molecule has 4 rings (SSSR count). The number of carbonyl (C=O) groups is 1. The maximum atomic E-state index is 12.5. The number of nitrogens with zero attached hydrogens (tertiary/aromatic N) is 2. The number of fused-ring (bicyclic) bond motifs is 2. The van der Waals surface area contributed by atoms with Gasteiger partial charge in [-0.15, -0.1) is 0 Å². The number of hydrogen-bond donors (Lipinski definition) is 1. The second kappa shape index (κ2) is 6.75. The summed E-state index contributed by atoms with van der Waals surface area (Å²) in [5.74, 6) is 0.333. The summed E-state index contributed by atoms with van der Waals surface area (Å²) in [4.78, 5) is 29.2. The molecule has 2 aromatic carbocycles. The smallest absolute Gasteiger partial charge is 0.261 e. The van der Waals surface area contributed by atoms with E-state index in [0.717, 1.165) is 6.42 Å².